The highest BCUT2D eigenvalue weighted by molar-refractivity contribution is 7.89. The van der Waals surface area contributed by atoms with E-state index in [2.05, 4.69) is 36.8 Å². The van der Waals surface area contributed by atoms with E-state index in [0.717, 1.165) is 29.0 Å². The van der Waals surface area contributed by atoms with Crippen molar-refractivity contribution < 1.29 is 27.9 Å². The summed E-state index contributed by atoms with van der Waals surface area (Å²) in [6.07, 6.45) is 3.78. The molecule has 3 heterocycles. The van der Waals surface area contributed by atoms with Crippen molar-refractivity contribution in [1.82, 2.24) is 14.3 Å². The van der Waals surface area contributed by atoms with Gasteiger partial charge in [0, 0.05) is 22.5 Å². The average Bonchev–Trinajstić information content (AvgIpc) is 3.39. The van der Waals surface area contributed by atoms with Crippen molar-refractivity contribution in [2.45, 2.75) is 89.9 Å². The Morgan fingerprint density at radius 3 is 2.36 bits per heavy atom. The first-order valence-corrected chi connectivity index (χ1v) is 16.1. The second-order valence-corrected chi connectivity index (χ2v) is 14.7. The van der Waals surface area contributed by atoms with Crippen LogP contribution in [0.5, 0.6) is 0 Å². The van der Waals surface area contributed by atoms with E-state index < -0.39 is 34.2 Å². The highest BCUT2D eigenvalue weighted by Gasteiger charge is 2.30. The molecule has 228 valence electrons. The zero-order chi connectivity index (χ0) is 31.1. The van der Waals surface area contributed by atoms with Crippen LogP contribution in [-0.4, -0.2) is 52.0 Å². The third-order valence-corrected chi connectivity index (χ3v) is 9.52. The topological polar surface area (TPSA) is 130 Å². The van der Waals surface area contributed by atoms with Gasteiger partial charge in [-0.2, -0.15) is 4.31 Å². The number of sulfonamides is 1. The summed E-state index contributed by atoms with van der Waals surface area (Å²) in [5.41, 5.74) is -0.565. The maximum Gasteiger partial charge on any atom is 0.416 e. The lowest BCUT2D eigenvalue weighted by atomic mass is 9.86. The first-order chi connectivity index (χ1) is 19.6. The van der Waals surface area contributed by atoms with Crippen LogP contribution in [0.4, 0.5) is 10.6 Å². The van der Waals surface area contributed by atoms with Crippen molar-refractivity contribution in [3.63, 3.8) is 0 Å². The molecular formula is C30H40N4O6S2. The van der Waals surface area contributed by atoms with E-state index in [4.69, 9.17) is 4.74 Å². The standard InChI is InChI=1S/C30H40N4O6S2/c1-7-8-17-30(5,6)24-16-15-23(41-24)20-33(42(38,39)26-14-9-10-18-31-26)19-22-12-11-13-25(32-22)34(21-27(35)36)28(37)40-29(2,3)4/h9-16,18H,7-8,17,19-21H2,1-6H3,(H,35,36). The fraction of sp³-hybridized carbons (Fsp3) is 0.467. The second kappa shape index (κ2) is 13.7. The lowest BCUT2D eigenvalue weighted by molar-refractivity contribution is -0.135. The molecule has 0 aliphatic rings. The summed E-state index contributed by atoms with van der Waals surface area (Å²) in [6.45, 7) is 10.9. The van der Waals surface area contributed by atoms with Gasteiger partial charge in [-0.3, -0.25) is 9.69 Å². The number of ether oxygens (including phenoxy) is 1. The van der Waals surface area contributed by atoms with Gasteiger partial charge in [0.2, 0.25) is 0 Å². The summed E-state index contributed by atoms with van der Waals surface area (Å²) < 4.78 is 34.3. The first-order valence-electron chi connectivity index (χ1n) is 13.8. The van der Waals surface area contributed by atoms with Gasteiger partial charge in [-0.25, -0.2) is 23.2 Å². The van der Waals surface area contributed by atoms with E-state index in [1.807, 2.05) is 6.07 Å². The number of carbonyl (C=O) groups excluding carboxylic acids is 1. The molecular weight excluding hydrogens is 576 g/mol. The van der Waals surface area contributed by atoms with Crippen molar-refractivity contribution in [1.29, 1.82) is 0 Å². The Bertz CT molecular complexity index is 1470. The lowest BCUT2D eigenvalue weighted by Gasteiger charge is -2.26. The predicted molar refractivity (Wildman–Crippen MR) is 163 cm³/mol. The molecule has 12 heteroatoms. The Kier molecular flexibility index (Phi) is 10.9. The van der Waals surface area contributed by atoms with Gasteiger partial charge in [-0.1, -0.05) is 45.7 Å². The number of hydrogen-bond acceptors (Lipinski definition) is 8. The summed E-state index contributed by atoms with van der Waals surface area (Å²) in [6, 6.07) is 13.4. The Hall–Kier alpha value is -3.35. The van der Waals surface area contributed by atoms with Crippen LogP contribution in [0.15, 0.2) is 59.8 Å². The van der Waals surface area contributed by atoms with Gasteiger partial charge in [0.25, 0.3) is 10.0 Å². The molecule has 0 atom stereocenters. The van der Waals surface area contributed by atoms with E-state index in [1.54, 1.807) is 56.4 Å². The molecule has 0 saturated heterocycles. The molecule has 3 rings (SSSR count). The minimum atomic E-state index is -4.04. The minimum Gasteiger partial charge on any atom is -0.480 e. The number of thiophene rings is 1. The fourth-order valence-electron chi connectivity index (χ4n) is 4.18. The molecule has 0 unspecified atom stereocenters. The third-order valence-electron chi connectivity index (χ3n) is 6.37. The molecule has 1 amide bonds. The maximum absolute atomic E-state index is 13.8. The summed E-state index contributed by atoms with van der Waals surface area (Å²) in [4.78, 5) is 36.0. The average molecular weight is 617 g/mol. The van der Waals surface area contributed by atoms with E-state index in [9.17, 15) is 23.1 Å². The van der Waals surface area contributed by atoms with Gasteiger partial charge in [0.05, 0.1) is 12.2 Å². The number of carbonyl (C=O) groups is 2. The van der Waals surface area contributed by atoms with E-state index in [-0.39, 0.29) is 29.3 Å². The Labute approximate surface area is 252 Å². The molecule has 0 radical (unpaired) electrons. The number of amides is 1. The van der Waals surface area contributed by atoms with Crippen molar-refractivity contribution in [2.75, 3.05) is 11.4 Å². The molecule has 3 aromatic rings. The molecule has 0 saturated carbocycles. The quantitative estimate of drug-likeness (QED) is 0.239. The number of rotatable bonds is 13. The van der Waals surface area contributed by atoms with E-state index in [1.165, 1.54) is 27.5 Å². The van der Waals surface area contributed by atoms with Gasteiger partial charge < -0.3 is 9.84 Å². The molecule has 0 aliphatic heterocycles. The SMILES string of the molecule is CCCCC(C)(C)c1ccc(CN(Cc2cccc(N(CC(=O)O)C(=O)OC(C)(C)C)n2)S(=O)(=O)c2ccccn2)s1. The Balaban J connectivity index is 1.97. The summed E-state index contributed by atoms with van der Waals surface area (Å²) in [5, 5.41) is 9.35. The number of aromatic nitrogens is 2. The van der Waals surface area contributed by atoms with Crippen LogP contribution in [0.1, 0.15) is 76.3 Å². The lowest BCUT2D eigenvalue weighted by Crippen LogP contribution is -2.40. The minimum absolute atomic E-state index is 0.0330. The van der Waals surface area contributed by atoms with E-state index in [0.29, 0.717) is 5.69 Å². The van der Waals surface area contributed by atoms with Crippen LogP contribution >= 0.6 is 11.3 Å². The number of nitrogens with zero attached hydrogens (tertiary/aromatic N) is 4. The first kappa shape index (κ1) is 33.2. The zero-order valence-corrected chi connectivity index (χ0v) is 26.7. The second-order valence-electron chi connectivity index (χ2n) is 11.6. The number of carboxylic acids is 1. The van der Waals surface area contributed by atoms with E-state index >= 15 is 0 Å². The van der Waals surface area contributed by atoms with Crippen LogP contribution in [0.25, 0.3) is 0 Å². The van der Waals surface area contributed by atoms with Crippen LogP contribution < -0.4 is 4.90 Å². The van der Waals surface area contributed by atoms with Crippen LogP contribution in [0.2, 0.25) is 0 Å². The molecule has 0 fully saturated rings. The van der Waals surface area contributed by atoms with Gasteiger partial charge in [-0.15, -0.1) is 11.3 Å². The molecule has 3 aromatic heterocycles. The number of anilines is 1. The van der Waals surface area contributed by atoms with Gasteiger partial charge in [0.15, 0.2) is 5.03 Å². The van der Waals surface area contributed by atoms with Crippen LogP contribution in [0, 0.1) is 0 Å². The molecule has 0 aromatic carbocycles. The molecule has 42 heavy (non-hydrogen) atoms. The number of carboxylic acid groups (broad SMARTS) is 1. The Morgan fingerprint density at radius 1 is 1.00 bits per heavy atom. The van der Waals surface area contributed by atoms with Crippen LogP contribution in [0.3, 0.4) is 0 Å². The van der Waals surface area contributed by atoms with Crippen molar-refractivity contribution in [2.24, 2.45) is 0 Å². The van der Waals surface area contributed by atoms with Crippen molar-refractivity contribution in [3.8, 4) is 0 Å². The molecule has 0 spiro atoms. The Morgan fingerprint density at radius 2 is 1.74 bits per heavy atom. The van der Waals surface area contributed by atoms with Crippen molar-refractivity contribution in [3.05, 3.63) is 70.2 Å². The molecule has 1 N–H and O–H groups in total. The summed E-state index contributed by atoms with van der Waals surface area (Å²) in [7, 11) is -4.04. The molecule has 0 bridgehead atoms. The predicted octanol–water partition coefficient (Wildman–Crippen LogP) is 6.22. The monoisotopic (exact) mass is 616 g/mol. The molecule has 10 nitrogen and oxygen atoms in total. The van der Waals surface area contributed by atoms with Gasteiger partial charge >= 0.3 is 12.1 Å². The van der Waals surface area contributed by atoms with Gasteiger partial charge in [-0.05, 0) is 69.0 Å². The summed E-state index contributed by atoms with van der Waals surface area (Å²) >= 11 is 1.58. The van der Waals surface area contributed by atoms with Gasteiger partial charge in [0.1, 0.15) is 18.0 Å². The smallest absolute Gasteiger partial charge is 0.416 e. The largest absolute Gasteiger partial charge is 0.480 e. The third kappa shape index (κ3) is 9.07. The van der Waals surface area contributed by atoms with Crippen LogP contribution in [-0.2, 0) is 38.1 Å². The molecule has 0 aliphatic carbocycles. The fourth-order valence-corrected chi connectivity index (χ4v) is 6.73. The highest BCUT2D eigenvalue weighted by atomic mass is 32.2. The number of pyridine rings is 2. The summed E-state index contributed by atoms with van der Waals surface area (Å²) in [5.74, 6) is -1.21. The zero-order valence-electron chi connectivity index (χ0n) is 25.0. The number of hydrogen-bond donors (Lipinski definition) is 1. The van der Waals surface area contributed by atoms with Crippen molar-refractivity contribution >= 4 is 39.2 Å². The maximum atomic E-state index is 13.8. The number of aliphatic carboxylic acids is 1. The number of unbranched alkanes of at least 4 members (excludes halogenated alkanes) is 1. The highest BCUT2D eigenvalue weighted by Crippen LogP contribution is 2.35. The normalized spacial score (nSPS) is 12.4.